The van der Waals surface area contributed by atoms with Crippen LogP contribution < -0.4 is 0 Å². The van der Waals surface area contributed by atoms with E-state index in [1.165, 1.54) is 0 Å². The Morgan fingerprint density at radius 2 is 1.82 bits per heavy atom. The van der Waals surface area contributed by atoms with E-state index in [0.717, 1.165) is 10.0 Å². The number of ether oxygens (including phenoxy) is 1. The smallest absolute Gasteiger partial charge is 0.363 e. The zero-order valence-electron chi connectivity index (χ0n) is 11.0. The van der Waals surface area contributed by atoms with Crippen molar-refractivity contribution in [2.24, 2.45) is 4.99 Å². The van der Waals surface area contributed by atoms with E-state index < -0.39 is 5.97 Å². The number of benzene rings is 2. The van der Waals surface area contributed by atoms with Crippen LogP contribution in [0, 0.1) is 0 Å². The molecule has 0 radical (unpaired) electrons. The van der Waals surface area contributed by atoms with Crippen LogP contribution in [0.4, 0.5) is 0 Å². The number of rotatable bonds is 2. The molecule has 2 aromatic carbocycles. The highest BCUT2D eigenvalue weighted by Gasteiger charge is 2.25. The highest BCUT2D eigenvalue weighted by atomic mass is 79.9. The third kappa shape index (κ3) is 3.24. The molecular formula is C16H8BrCl2NO2. The van der Waals surface area contributed by atoms with Crippen LogP contribution in [0.25, 0.3) is 6.08 Å². The summed E-state index contributed by atoms with van der Waals surface area (Å²) in [6, 6.07) is 12.4. The van der Waals surface area contributed by atoms with E-state index in [1.807, 2.05) is 24.3 Å². The minimum Gasteiger partial charge on any atom is -0.402 e. The molecule has 0 N–H and O–H groups in total. The molecule has 6 heteroatoms. The molecule has 0 saturated carbocycles. The summed E-state index contributed by atoms with van der Waals surface area (Å²) in [6.07, 6.45) is 1.65. The maximum atomic E-state index is 11.9. The fraction of sp³-hybridized carbons (Fsp3) is 0. The monoisotopic (exact) mass is 395 g/mol. The number of halogens is 3. The Labute approximate surface area is 145 Å². The maximum Gasteiger partial charge on any atom is 0.363 e. The van der Waals surface area contributed by atoms with Crippen molar-refractivity contribution in [1.82, 2.24) is 0 Å². The molecule has 0 spiro atoms. The number of aliphatic imine (C=N–C) groups is 1. The summed E-state index contributed by atoms with van der Waals surface area (Å²) in [5.74, 6) is -0.366. The summed E-state index contributed by atoms with van der Waals surface area (Å²) in [7, 11) is 0. The number of hydrogen-bond acceptors (Lipinski definition) is 3. The zero-order chi connectivity index (χ0) is 15.7. The average Bonchev–Trinajstić information content (AvgIpc) is 2.85. The van der Waals surface area contributed by atoms with Crippen LogP contribution in [0.2, 0.25) is 10.0 Å². The Hall–Kier alpha value is -1.62. The van der Waals surface area contributed by atoms with Gasteiger partial charge in [0.1, 0.15) is 0 Å². The molecule has 1 heterocycles. The number of hydrogen-bond donors (Lipinski definition) is 0. The Bertz CT molecular complexity index is 813. The van der Waals surface area contributed by atoms with Gasteiger partial charge in [-0.2, -0.15) is 0 Å². The summed E-state index contributed by atoms with van der Waals surface area (Å²) in [5, 5.41) is 0.907. The van der Waals surface area contributed by atoms with Crippen molar-refractivity contribution in [3.05, 3.63) is 73.8 Å². The summed E-state index contributed by atoms with van der Waals surface area (Å²) in [6.45, 7) is 0. The molecular weight excluding hydrogens is 389 g/mol. The lowest BCUT2D eigenvalue weighted by atomic mass is 10.2. The van der Waals surface area contributed by atoms with Gasteiger partial charge in [0, 0.05) is 9.50 Å². The van der Waals surface area contributed by atoms with E-state index in [4.69, 9.17) is 27.9 Å². The number of nitrogens with zero attached hydrogens (tertiary/aromatic N) is 1. The second-order valence-electron chi connectivity index (χ2n) is 4.51. The fourth-order valence-electron chi connectivity index (χ4n) is 1.90. The minimum atomic E-state index is -0.519. The van der Waals surface area contributed by atoms with Crippen molar-refractivity contribution in [2.75, 3.05) is 0 Å². The second kappa shape index (κ2) is 6.24. The van der Waals surface area contributed by atoms with Gasteiger partial charge in [-0.05, 0) is 42.0 Å². The van der Waals surface area contributed by atoms with Crippen LogP contribution in [0.15, 0.2) is 57.6 Å². The Morgan fingerprint density at radius 3 is 2.55 bits per heavy atom. The molecule has 0 unspecified atom stereocenters. The molecule has 3 rings (SSSR count). The SMILES string of the molecule is O=C1OC(c2cc(Cl)ccc2Cl)=NC1=Cc1ccc(Br)cc1. The van der Waals surface area contributed by atoms with Gasteiger partial charge in [0.05, 0.1) is 10.6 Å². The van der Waals surface area contributed by atoms with E-state index in [9.17, 15) is 4.79 Å². The first-order chi connectivity index (χ1) is 10.5. The van der Waals surface area contributed by atoms with Gasteiger partial charge >= 0.3 is 5.97 Å². The second-order valence-corrected chi connectivity index (χ2v) is 6.27. The normalized spacial score (nSPS) is 15.9. The Morgan fingerprint density at radius 1 is 1.09 bits per heavy atom. The van der Waals surface area contributed by atoms with Gasteiger partial charge in [0.2, 0.25) is 5.90 Å². The minimum absolute atomic E-state index is 0.154. The molecule has 0 amide bonds. The van der Waals surface area contributed by atoms with Crippen LogP contribution in [-0.2, 0) is 9.53 Å². The van der Waals surface area contributed by atoms with Gasteiger partial charge in [0.15, 0.2) is 5.70 Å². The largest absolute Gasteiger partial charge is 0.402 e. The predicted octanol–water partition coefficient (Wildman–Crippen LogP) is 5.10. The van der Waals surface area contributed by atoms with Crippen molar-refractivity contribution < 1.29 is 9.53 Å². The number of carbonyl (C=O) groups excluding carboxylic acids is 1. The molecule has 0 aromatic heterocycles. The molecule has 2 aromatic rings. The molecule has 1 aliphatic heterocycles. The van der Waals surface area contributed by atoms with Crippen molar-refractivity contribution in [2.45, 2.75) is 0 Å². The highest BCUT2D eigenvalue weighted by Crippen LogP contribution is 2.26. The third-order valence-corrected chi connectivity index (χ3v) is 4.05. The first-order valence-corrected chi connectivity index (χ1v) is 7.81. The summed E-state index contributed by atoms with van der Waals surface area (Å²) in [4.78, 5) is 16.1. The molecule has 0 fully saturated rings. The van der Waals surface area contributed by atoms with E-state index >= 15 is 0 Å². The van der Waals surface area contributed by atoms with Crippen molar-refractivity contribution in [1.29, 1.82) is 0 Å². The molecule has 0 bridgehead atoms. The topological polar surface area (TPSA) is 38.7 Å². The fourth-order valence-corrected chi connectivity index (χ4v) is 2.54. The van der Waals surface area contributed by atoms with Crippen LogP contribution in [0.1, 0.15) is 11.1 Å². The molecule has 22 heavy (non-hydrogen) atoms. The number of cyclic esters (lactones) is 1. The molecule has 0 aliphatic carbocycles. The summed E-state index contributed by atoms with van der Waals surface area (Å²) < 4.78 is 6.14. The third-order valence-electron chi connectivity index (χ3n) is 2.95. The molecule has 3 nitrogen and oxygen atoms in total. The molecule has 110 valence electrons. The first-order valence-electron chi connectivity index (χ1n) is 6.26. The predicted molar refractivity (Wildman–Crippen MR) is 91.2 cm³/mol. The Kier molecular flexibility index (Phi) is 4.34. The zero-order valence-corrected chi connectivity index (χ0v) is 14.1. The summed E-state index contributed by atoms with van der Waals surface area (Å²) >= 11 is 15.4. The quantitative estimate of drug-likeness (QED) is 0.523. The number of esters is 1. The first kappa shape index (κ1) is 15.3. The van der Waals surface area contributed by atoms with E-state index in [2.05, 4.69) is 20.9 Å². The highest BCUT2D eigenvalue weighted by molar-refractivity contribution is 9.10. The van der Waals surface area contributed by atoms with Gasteiger partial charge in [-0.1, -0.05) is 51.3 Å². The van der Waals surface area contributed by atoms with Crippen LogP contribution in [-0.4, -0.2) is 11.9 Å². The lowest BCUT2D eigenvalue weighted by molar-refractivity contribution is -0.129. The molecule has 0 saturated heterocycles. The summed E-state index contributed by atoms with van der Waals surface area (Å²) in [5.41, 5.74) is 1.55. The van der Waals surface area contributed by atoms with Gasteiger partial charge < -0.3 is 4.74 Å². The Balaban J connectivity index is 1.97. The van der Waals surface area contributed by atoms with E-state index in [1.54, 1.807) is 24.3 Å². The number of carbonyl (C=O) groups is 1. The lowest BCUT2D eigenvalue weighted by Gasteiger charge is -2.02. The van der Waals surface area contributed by atoms with Crippen molar-refractivity contribution in [3.8, 4) is 0 Å². The van der Waals surface area contributed by atoms with Gasteiger partial charge in [-0.15, -0.1) is 0 Å². The molecule has 0 atom stereocenters. The maximum absolute atomic E-state index is 11.9. The van der Waals surface area contributed by atoms with Crippen molar-refractivity contribution >= 4 is 57.1 Å². The van der Waals surface area contributed by atoms with Gasteiger partial charge in [0.25, 0.3) is 0 Å². The van der Waals surface area contributed by atoms with E-state index in [-0.39, 0.29) is 11.6 Å². The van der Waals surface area contributed by atoms with Crippen LogP contribution in [0.3, 0.4) is 0 Å². The lowest BCUT2D eigenvalue weighted by Crippen LogP contribution is -2.06. The van der Waals surface area contributed by atoms with Gasteiger partial charge in [-0.3, -0.25) is 0 Å². The molecule has 1 aliphatic rings. The average molecular weight is 397 g/mol. The van der Waals surface area contributed by atoms with Crippen LogP contribution in [0.5, 0.6) is 0 Å². The standard InChI is InChI=1S/C16H8BrCl2NO2/c17-10-3-1-9(2-4-10)7-14-16(21)22-15(20-14)12-8-11(18)5-6-13(12)19/h1-8H. The van der Waals surface area contributed by atoms with Crippen LogP contribution >= 0.6 is 39.1 Å². The van der Waals surface area contributed by atoms with E-state index in [0.29, 0.717) is 15.6 Å². The van der Waals surface area contributed by atoms with Gasteiger partial charge in [-0.25, -0.2) is 9.79 Å². The van der Waals surface area contributed by atoms with Crippen molar-refractivity contribution in [3.63, 3.8) is 0 Å².